The van der Waals surface area contributed by atoms with Crippen molar-refractivity contribution in [3.05, 3.63) is 0 Å². The summed E-state index contributed by atoms with van der Waals surface area (Å²) in [5.41, 5.74) is 0. The van der Waals surface area contributed by atoms with E-state index < -0.39 is 0 Å². The van der Waals surface area contributed by atoms with Crippen molar-refractivity contribution in [2.45, 2.75) is 0 Å². The SMILES string of the molecule is [Bi].[O]=[Sb].[Se]. The van der Waals surface area contributed by atoms with E-state index in [1.54, 1.807) is 0 Å². The molecular formula is BiOSbSe. The Hall–Kier alpha value is 2.02. The average Bonchev–Trinajstić information content (AvgIpc) is 1.00. The molecule has 0 saturated heterocycles. The van der Waals surface area contributed by atoms with Gasteiger partial charge in [-0.3, -0.25) is 0 Å². The molecule has 0 unspecified atom stereocenters. The van der Waals surface area contributed by atoms with Gasteiger partial charge in [0.2, 0.25) is 0 Å². The van der Waals surface area contributed by atoms with Crippen LogP contribution in [0.3, 0.4) is 0 Å². The Labute approximate surface area is 68.4 Å². The topological polar surface area (TPSA) is 17.1 Å². The maximum Gasteiger partial charge on any atom is 0 e. The van der Waals surface area contributed by atoms with Crippen LogP contribution in [0, 0.1) is 0 Å². The second kappa shape index (κ2) is 19.9. The molecule has 0 heterocycles. The summed E-state index contributed by atoms with van der Waals surface area (Å²) in [5.74, 6) is 0. The molecule has 0 atom stereocenters. The molecule has 0 N–H and O–H groups in total. The van der Waals surface area contributed by atoms with Crippen LogP contribution in [0.4, 0.5) is 0 Å². The monoisotopic (exact) mass is 426 g/mol. The molecule has 0 aliphatic rings. The van der Waals surface area contributed by atoms with Gasteiger partial charge in [-0.15, -0.1) is 0 Å². The van der Waals surface area contributed by atoms with Gasteiger partial charge >= 0.3 is 26.0 Å². The minimum Gasteiger partial charge on any atom is 0 e. The van der Waals surface area contributed by atoms with Crippen LogP contribution in [0.1, 0.15) is 0 Å². The van der Waals surface area contributed by atoms with Gasteiger partial charge in [-0.1, -0.05) is 0 Å². The van der Waals surface area contributed by atoms with E-state index in [0.717, 1.165) is 0 Å². The zero-order chi connectivity index (χ0) is 2.00. The van der Waals surface area contributed by atoms with Crippen molar-refractivity contribution in [1.82, 2.24) is 0 Å². The van der Waals surface area contributed by atoms with Gasteiger partial charge in [0.05, 0.1) is 0 Å². The van der Waals surface area contributed by atoms with Crippen molar-refractivity contribution in [2.24, 2.45) is 0 Å². The summed E-state index contributed by atoms with van der Waals surface area (Å²) >= 11 is 0.500. The molecule has 0 aliphatic carbocycles. The maximum absolute atomic E-state index is 8.30. The van der Waals surface area contributed by atoms with Crippen molar-refractivity contribution in [1.29, 1.82) is 0 Å². The van der Waals surface area contributed by atoms with Crippen molar-refractivity contribution in [3.8, 4) is 0 Å². The van der Waals surface area contributed by atoms with E-state index in [0.29, 0.717) is 23.0 Å². The third-order valence-corrected chi connectivity index (χ3v) is 0. The molecule has 0 amide bonds. The van der Waals surface area contributed by atoms with Gasteiger partial charge in [0.25, 0.3) is 0 Å². The largest absolute Gasteiger partial charge is 0 e. The molecule has 22 valence electrons. The Balaban J connectivity index is -0.00000000500. The Morgan fingerprint density at radius 2 is 1.25 bits per heavy atom. The van der Waals surface area contributed by atoms with E-state index in [4.69, 9.17) is 3.02 Å². The van der Waals surface area contributed by atoms with E-state index in [1.807, 2.05) is 0 Å². The van der Waals surface area contributed by atoms with Gasteiger partial charge in [-0.05, 0) is 0 Å². The second-order valence-corrected chi connectivity index (χ2v) is 0. The van der Waals surface area contributed by atoms with Crippen molar-refractivity contribution in [3.63, 3.8) is 0 Å². The third kappa shape index (κ3) is 8.98. The van der Waals surface area contributed by atoms with Gasteiger partial charge in [0, 0.05) is 43.3 Å². The fourth-order valence-corrected chi connectivity index (χ4v) is 0. The first-order valence-corrected chi connectivity index (χ1v) is 1.22. The molecule has 4 heteroatoms. The van der Waals surface area contributed by atoms with Crippen LogP contribution in [0.15, 0.2) is 0 Å². The van der Waals surface area contributed by atoms with E-state index in [-0.39, 0.29) is 43.3 Å². The summed E-state index contributed by atoms with van der Waals surface area (Å²) < 4.78 is 8.30. The molecule has 4 heavy (non-hydrogen) atoms. The van der Waals surface area contributed by atoms with E-state index >= 15 is 0 Å². The van der Waals surface area contributed by atoms with Gasteiger partial charge in [-0.2, -0.15) is 0 Å². The van der Waals surface area contributed by atoms with E-state index in [9.17, 15) is 0 Å². The van der Waals surface area contributed by atoms with Gasteiger partial charge in [-0.25, -0.2) is 0 Å². The Bertz CT molecular complexity index is 8.00. The summed E-state index contributed by atoms with van der Waals surface area (Å²) in [4.78, 5) is 0. The number of hydrogen-bond acceptors (Lipinski definition) is 1. The maximum atomic E-state index is 8.30. The smallest absolute Gasteiger partial charge is 0 e. The first kappa shape index (κ1) is 16.6. The molecule has 1 nitrogen and oxygen atoms in total. The molecule has 0 aliphatic heterocycles. The summed E-state index contributed by atoms with van der Waals surface area (Å²) in [6, 6.07) is 0. The summed E-state index contributed by atoms with van der Waals surface area (Å²) in [6.45, 7) is 0. The quantitative estimate of drug-likeness (QED) is 0.443. The van der Waals surface area contributed by atoms with Crippen LogP contribution < -0.4 is 0 Å². The molecule has 0 aromatic carbocycles. The summed E-state index contributed by atoms with van der Waals surface area (Å²) in [6.07, 6.45) is 0. The van der Waals surface area contributed by atoms with Crippen LogP contribution >= 0.6 is 0 Å². The molecule has 0 saturated carbocycles. The van der Waals surface area contributed by atoms with Crippen LogP contribution in [0.5, 0.6) is 0 Å². The molecule has 0 rings (SSSR count). The van der Waals surface area contributed by atoms with Gasteiger partial charge in [0.15, 0.2) is 0 Å². The van der Waals surface area contributed by atoms with Crippen molar-refractivity contribution in [2.75, 3.05) is 0 Å². The fraction of sp³-hybridized carbons (Fsp3) is 0. The number of rotatable bonds is 0. The Morgan fingerprint density at radius 1 is 1.25 bits per heavy atom. The molecule has 6 radical (unpaired) electrons. The first-order chi connectivity index (χ1) is 1.00. The van der Waals surface area contributed by atoms with E-state index in [2.05, 4.69) is 0 Å². The van der Waals surface area contributed by atoms with Gasteiger partial charge < -0.3 is 0 Å². The van der Waals surface area contributed by atoms with Crippen LogP contribution in [0.25, 0.3) is 0 Å². The Kier molecular flexibility index (Phi) is 82.7. The van der Waals surface area contributed by atoms with Crippen LogP contribution in [-0.2, 0) is 3.02 Å². The molecular weight excluding hydrogens is 426 g/mol. The van der Waals surface area contributed by atoms with Gasteiger partial charge in [0.1, 0.15) is 0 Å². The Morgan fingerprint density at radius 3 is 1.25 bits per heavy atom. The predicted molar refractivity (Wildman–Crippen MR) is 17.9 cm³/mol. The van der Waals surface area contributed by atoms with Crippen molar-refractivity contribution < 1.29 is 3.02 Å². The molecule has 0 spiro atoms. The van der Waals surface area contributed by atoms with Crippen molar-refractivity contribution >= 4 is 66.3 Å². The zero-order valence-electron chi connectivity index (χ0n) is 1.71. The molecule has 0 fully saturated rings. The summed E-state index contributed by atoms with van der Waals surface area (Å²) in [5, 5.41) is 0. The second-order valence-electron chi connectivity index (χ2n) is 0. The summed E-state index contributed by atoms with van der Waals surface area (Å²) in [7, 11) is 0. The van der Waals surface area contributed by atoms with E-state index in [1.165, 1.54) is 0 Å². The molecule has 0 aromatic heterocycles. The first-order valence-electron chi connectivity index (χ1n) is 0.183. The minimum absolute atomic E-state index is 0. The number of hydrogen-bond donors (Lipinski definition) is 0. The standard InChI is InChI=1S/Bi.O.Sb.Se. The van der Waals surface area contributed by atoms with Crippen LogP contribution in [-0.4, -0.2) is 66.3 Å². The zero-order valence-corrected chi connectivity index (χ0v) is 9.45. The fourth-order valence-electron chi connectivity index (χ4n) is 0. The normalized spacial score (nSPS) is 1.00. The third-order valence-electron chi connectivity index (χ3n) is 0. The predicted octanol–water partition coefficient (Wildman–Crippen LogP) is -1.26. The van der Waals surface area contributed by atoms with Crippen LogP contribution in [0.2, 0.25) is 0 Å². The molecule has 0 bridgehead atoms. The molecule has 0 aromatic rings. The average molecular weight is 426 g/mol. The minimum atomic E-state index is 0.